The molecule has 0 aromatic rings. The van der Waals surface area contributed by atoms with Crippen molar-refractivity contribution in [1.29, 1.82) is 10.5 Å². The van der Waals surface area contributed by atoms with Crippen molar-refractivity contribution in [3.05, 3.63) is 0 Å². The summed E-state index contributed by atoms with van der Waals surface area (Å²) in [6.07, 6.45) is 1.50. The molecule has 1 heterocycles. The summed E-state index contributed by atoms with van der Waals surface area (Å²) >= 11 is 0. The van der Waals surface area contributed by atoms with E-state index >= 15 is 0 Å². The van der Waals surface area contributed by atoms with Crippen molar-refractivity contribution in [3.63, 3.8) is 0 Å². The van der Waals surface area contributed by atoms with Crippen LogP contribution in [0.25, 0.3) is 0 Å². The molecule has 0 aromatic heterocycles. The molecule has 1 aliphatic heterocycles. The number of amides is 1. The first-order valence-electron chi connectivity index (χ1n) is 7.53. The predicted molar refractivity (Wildman–Crippen MR) is 77.0 cm³/mol. The lowest BCUT2D eigenvalue weighted by Gasteiger charge is -2.38. The highest BCUT2D eigenvalue weighted by Gasteiger charge is 2.76. The van der Waals surface area contributed by atoms with Crippen molar-refractivity contribution in [2.75, 3.05) is 13.1 Å². The minimum atomic E-state index is -1.16. The number of hydrogen-bond acceptors (Lipinski definition) is 5. The van der Waals surface area contributed by atoms with Gasteiger partial charge in [0.15, 0.2) is 5.60 Å². The lowest BCUT2D eigenvalue weighted by atomic mass is 9.66. The zero-order chi connectivity index (χ0) is 16.6. The van der Waals surface area contributed by atoms with Crippen LogP contribution in [0.4, 0.5) is 0 Å². The van der Waals surface area contributed by atoms with E-state index in [0.29, 0.717) is 12.8 Å². The Bertz CT molecular complexity index is 568. The topological polar surface area (TPSA) is 94.2 Å². The van der Waals surface area contributed by atoms with Gasteiger partial charge in [-0.1, -0.05) is 13.8 Å². The third kappa shape index (κ3) is 1.90. The maximum Gasteiger partial charge on any atom is 0.313 e. The van der Waals surface area contributed by atoms with Crippen molar-refractivity contribution < 1.29 is 14.3 Å². The predicted octanol–water partition coefficient (Wildman–Crippen LogP) is 1.76. The molecule has 1 saturated heterocycles. The van der Waals surface area contributed by atoms with Crippen LogP contribution in [0.3, 0.4) is 0 Å². The first kappa shape index (κ1) is 16.3. The first-order chi connectivity index (χ1) is 10.3. The first-order valence-corrected chi connectivity index (χ1v) is 7.53. The quantitative estimate of drug-likeness (QED) is 0.721. The zero-order valence-electron chi connectivity index (χ0n) is 13.3. The summed E-state index contributed by atoms with van der Waals surface area (Å²) in [5, 5.41) is 17.5. The monoisotopic (exact) mass is 303 g/mol. The van der Waals surface area contributed by atoms with Gasteiger partial charge in [0.25, 0.3) is 5.91 Å². The van der Waals surface area contributed by atoms with Gasteiger partial charge >= 0.3 is 5.97 Å². The third-order valence-electron chi connectivity index (χ3n) is 5.70. The second kappa shape index (κ2) is 5.28. The number of rotatable bonds is 5. The molecule has 0 aromatic carbocycles. The summed E-state index contributed by atoms with van der Waals surface area (Å²) < 4.78 is 5.57. The number of fused-ring (bicyclic) bond motifs is 2. The van der Waals surface area contributed by atoms with E-state index < -0.39 is 16.4 Å². The molecule has 2 aliphatic rings. The van der Waals surface area contributed by atoms with Crippen LogP contribution in [-0.4, -0.2) is 35.5 Å². The third-order valence-corrected chi connectivity index (χ3v) is 5.70. The van der Waals surface area contributed by atoms with E-state index in [4.69, 9.17) is 15.3 Å². The lowest BCUT2D eigenvalue weighted by molar-refractivity contribution is -0.174. The molecule has 1 saturated carbocycles. The van der Waals surface area contributed by atoms with Gasteiger partial charge in [0.2, 0.25) is 0 Å². The van der Waals surface area contributed by atoms with E-state index in [-0.39, 0.29) is 37.8 Å². The molecule has 1 aliphatic carbocycles. The Hall–Kier alpha value is -2.08. The Morgan fingerprint density at radius 3 is 2.09 bits per heavy atom. The van der Waals surface area contributed by atoms with Gasteiger partial charge in [0.1, 0.15) is 0 Å². The summed E-state index contributed by atoms with van der Waals surface area (Å²) in [4.78, 5) is 26.8. The summed E-state index contributed by atoms with van der Waals surface area (Å²) in [6, 6.07) is 4.03. The van der Waals surface area contributed by atoms with Crippen LogP contribution < -0.4 is 0 Å². The van der Waals surface area contributed by atoms with Crippen LogP contribution in [-0.2, 0) is 14.3 Å². The van der Waals surface area contributed by atoms with Crippen LogP contribution in [0.5, 0.6) is 0 Å². The molecule has 0 radical (unpaired) electrons. The molecule has 0 spiro atoms. The second-order valence-electron chi connectivity index (χ2n) is 6.78. The lowest BCUT2D eigenvalue weighted by Crippen LogP contribution is -2.55. The van der Waals surface area contributed by atoms with E-state index in [1.54, 1.807) is 0 Å². The van der Waals surface area contributed by atoms with Crippen LogP contribution in [0.1, 0.15) is 46.5 Å². The Labute approximate surface area is 130 Å². The van der Waals surface area contributed by atoms with Gasteiger partial charge in [-0.05, 0) is 19.8 Å². The second-order valence-corrected chi connectivity index (χ2v) is 6.78. The SMILES string of the molecule is CC1(C)[C@@]2(C)CC[C@]1(C(=O)N(CCC#N)CCC#N)OC2=O. The van der Waals surface area contributed by atoms with Gasteiger partial charge in [-0.3, -0.25) is 9.59 Å². The molecule has 6 heteroatoms. The molecule has 0 N–H and O–H groups in total. The Morgan fingerprint density at radius 2 is 1.73 bits per heavy atom. The zero-order valence-corrected chi connectivity index (χ0v) is 13.3. The van der Waals surface area contributed by atoms with E-state index in [9.17, 15) is 9.59 Å². The fourth-order valence-corrected chi connectivity index (χ4v) is 3.66. The van der Waals surface area contributed by atoms with E-state index in [2.05, 4.69) is 0 Å². The molecular weight excluding hydrogens is 282 g/mol. The van der Waals surface area contributed by atoms with Crippen LogP contribution in [0.15, 0.2) is 0 Å². The van der Waals surface area contributed by atoms with E-state index in [1.807, 2.05) is 32.9 Å². The highest BCUT2D eigenvalue weighted by atomic mass is 16.6. The maximum atomic E-state index is 13.1. The summed E-state index contributed by atoms with van der Waals surface area (Å²) in [5.74, 6) is -0.588. The number of ether oxygens (including phenoxy) is 1. The highest BCUT2D eigenvalue weighted by molar-refractivity contribution is 5.96. The Kier molecular flexibility index (Phi) is 3.91. The van der Waals surface area contributed by atoms with Gasteiger partial charge in [0, 0.05) is 18.5 Å². The minimum absolute atomic E-state index is 0.193. The Morgan fingerprint density at radius 1 is 1.18 bits per heavy atom. The van der Waals surface area contributed by atoms with E-state index in [0.717, 1.165) is 0 Å². The largest absolute Gasteiger partial charge is 0.448 e. The average Bonchev–Trinajstić information content (AvgIpc) is 2.77. The standard InChI is InChI=1S/C16H21N3O3/c1-14(2)15(3)6-7-16(14,22-13(15)21)12(20)19(10-4-8-17)11-5-9-18/h4-7,10-11H2,1-3H3/t15-,16+/m0/s1. The van der Waals surface area contributed by atoms with Crippen molar-refractivity contribution >= 4 is 11.9 Å². The van der Waals surface area contributed by atoms with Crippen LogP contribution >= 0.6 is 0 Å². The fourth-order valence-electron chi connectivity index (χ4n) is 3.66. The van der Waals surface area contributed by atoms with Crippen molar-refractivity contribution in [3.8, 4) is 12.1 Å². The van der Waals surface area contributed by atoms with Crippen molar-refractivity contribution in [2.24, 2.45) is 10.8 Å². The number of esters is 1. The molecular formula is C16H21N3O3. The average molecular weight is 303 g/mol. The molecule has 0 unspecified atom stereocenters. The highest BCUT2D eigenvalue weighted by Crippen LogP contribution is 2.65. The minimum Gasteiger partial charge on any atom is -0.448 e. The normalized spacial score (nSPS) is 31.2. The summed E-state index contributed by atoms with van der Waals surface area (Å²) in [6.45, 7) is 6.16. The van der Waals surface area contributed by atoms with Crippen LogP contribution in [0.2, 0.25) is 0 Å². The van der Waals surface area contributed by atoms with Gasteiger partial charge < -0.3 is 9.64 Å². The molecule has 6 nitrogen and oxygen atoms in total. The van der Waals surface area contributed by atoms with E-state index in [1.165, 1.54) is 4.90 Å². The molecule has 22 heavy (non-hydrogen) atoms. The molecule has 2 bridgehead atoms. The number of hydrogen-bond donors (Lipinski definition) is 0. The summed E-state index contributed by atoms with van der Waals surface area (Å²) in [7, 11) is 0. The number of carbonyl (C=O) groups is 2. The van der Waals surface area contributed by atoms with Crippen LogP contribution in [0, 0.1) is 33.5 Å². The molecule has 2 fully saturated rings. The molecule has 2 atom stereocenters. The molecule has 1 amide bonds. The van der Waals surface area contributed by atoms with Crippen molar-refractivity contribution in [1.82, 2.24) is 4.90 Å². The number of carbonyl (C=O) groups excluding carboxylic acids is 2. The van der Waals surface area contributed by atoms with Gasteiger partial charge in [0.05, 0.1) is 30.4 Å². The van der Waals surface area contributed by atoms with Gasteiger partial charge in [-0.15, -0.1) is 0 Å². The summed E-state index contributed by atoms with van der Waals surface area (Å²) in [5.41, 5.74) is -2.42. The van der Waals surface area contributed by atoms with Gasteiger partial charge in [-0.25, -0.2) is 0 Å². The maximum absolute atomic E-state index is 13.1. The Balaban J connectivity index is 2.32. The number of nitrogens with zero attached hydrogens (tertiary/aromatic N) is 3. The van der Waals surface area contributed by atoms with Gasteiger partial charge in [-0.2, -0.15) is 10.5 Å². The molecule has 2 rings (SSSR count). The smallest absolute Gasteiger partial charge is 0.313 e. The number of nitriles is 2. The van der Waals surface area contributed by atoms with Crippen molar-refractivity contribution in [2.45, 2.75) is 52.1 Å². The molecule has 118 valence electrons. The fraction of sp³-hybridized carbons (Fsp3) is 0.750.